The molecular weight excluding hydrogens is 234 g/mol. The maximum atomic E-state index is 10.4. The molecule has 0 fully saturated rings. The number of nitriles is 1. The zero-order chi connectivity index (χ0) is 11.4. The van der Waals surface area contributed by atoms with Gasteiger partial charge in [0.1, 0.15) is 11.1 Å². The average Bonchev–Trinajstić information content (AvgIpc) is 2.61. The summed E-state index contributed by atoms with van der Waals surface area (Å²) in [6, 6.07) is 4.73. The first-order valence-electron chi connectivity index (χ1n) is 3.70. The number of thiocarbonyl (C=S) groups is 1. The van der Waals surface area contributed by atoms with Gasteiger partial charge in [0.15, 0.2) is 0 Å². The van der Waals surface area contributed by atoms with Gasteiger partial charge < -0.3 is 5.73 Å². The van der Waals surface area contributed by atoms with Crippen LogP contribution in [0.15, 0.2) is 17.7 Å². The topological polar surface area (TPSA) is 92.9 Å². The Morgan fingerprint density at radius 2 is 2.40 bits per heavy atom. The van der Waals surface area contributed by atoms with Gasteiger partial charge in [-0.05, 0) is 12.1 Å². The molecule has 0 amide bonds. The second-order valence-corrected chi connectivity index (χ2v) is 4.00. The molecule has 76 valence electrons. The summed E-state index contributed by atoms with van der Waals surface area (Å²) >= 11 is 5.59. The Bertz CT molecular complexity index is 484. The Labute approximate surface area is 94.6 Å². The second kappa shape index (κ2) is 4.63. The largest absolute Gasteiger partial charge is 0.389 e. The Balaban J connectivity index is 3.04. The van der Waals surface area contributed by atoms with Gasteiger partial charge in [-0.25, -0.2) is 0 Å². The van der Waals surface area contributed by atoms with E-state index in [9.17, 15) is 10.1 Å². The summed E-state index contributed by atoms with van der Waals surface area (Å²) in [5.41, 5.74) is 5.41. The van der Waals surface area contributed by atoms with Gasteiger partial charge in [-0.1, -0.05) is 23.6 Å². The molecule has 0 radical (unpaired) electrons. The molecule has 5 nitrogen and oxygen atoms in total. The lowest BCUT2D eigenvalue weighted by molar-refractivity contribution is -0.380. The minimum Gasteiger partial charge on any atom is -0.389 e. The zero-order valence-corrected chi connectivity index (χ0v) is 8.97. The van der Waals surface area contributed by atoms with E-state index in [1.807, 2.05) is 6.07 Å². The maximum absolute atomic E-state index is 10.4. The van der Waals surface area contributed by atoms with Gasteiger partial charge in [-0.15, -0.1) is 0 Å². The molecule has 0 aromatic carbocycles. The number of nitro groups is 1. The molecule has 0 spiro atoms. The van der Waals surface area contributed by atoms with Crippen molar-refractivity contribution in [3.63, 3.8) is 0 Å². The number of nitrogens with zero attached hydrogens (tertiary/aromatic N) is 2. The molecule has 0 bridgehead atoms. The Hall–Kier alpha value is -1.78. The fraction of sp³-hybridized carbons (Fsp3) is 0. The van der Waals surface area contributed by atoms with Crippen molar-refractivity contribution in [2.24, 2.45) is 5.73 Å². The number of rotatable bonds is 3. The normalized spacial score (nSPS) is 10.7. The first-order chi connectivity index (χ1) is 7.04. The van der Waals surface area contributed by atoms with Crippen molar-refractivity contribution in [3.05, 3.63) is 32.7 Å². The van der Waals surface area contributed by atoms with Crippen LogP contribution in [0.1, 0.15) is 4.88 Å². The lowest BCUT2D eigenvalue weighted by atomic mass is 10.2. The van der Waals surface area contributed by atoms with Crippen molar-refractivity contribution in [1.29, 1.82) is 5.26 Å². The van der Waals surface area contributed by atoms with Crippen molar-refractivity contribution < 1.29 is 4.92 Å². The van der Waals surface area contributed by atoms with Crippen LogP contribution in [0.3, 0.4) is 0 Å². The van der Waals surface area contributed by atoms with E-state index in [4.69, 9.17) is 11.0 Å². The molecule has 0 saturated heterocycles. The molecule has 0 aliphatic rings. The van der Waals surface area contributed by atoms with Gasteiger partial charge in [0.05, 0.1) is 10.5 Å². The third-order valence-electron chi connectivity index (χ3n) is 1.47. The van der Waals surface area contributed by atoms with Crippen molar-refractivity contribution in [2.75, 3.05) is 0 Å². The molecule has 2 N–H and O–H groups in total. The molecule has 0 atom stereocenters. The van der Waals surface area contributed by atoms with E-state index < -0.39 is 4.92 Å². The highest BCUT2D eigenvalue weighted by Crippen LogP contribution is 2.25. The summed E-state index contributed by atoms with van der Waals surface area (Å²) in [5.74, 6) is 0. The van der Waals surface area contributed by atoms with Crippen LogP contribution in [-0.4, -0.2) is 9.91 Å². The molecule has 0 saturated carbocycles. The Morgan fingerprint density at radius 1 is 1.73 bits per heavy atom. The van der Waals surface area contributed by atoms with Crippen LogP contribution in [-0.2, 0) is 0 Å². The third kappa shape index (κ3) is 2.83. The first-order valence-corrected chi connectivity index (χ1v) is 4.93. The van der Waals surface area contributed by atoms with Crippen LogP contribution < -0.4 is 5.73 Å². The van der Waals surface area contributed by atoms with Gasteiger partial charge in [0.2, 0.25) is 0 Å². The Morgan fingerprint density at radius 3 is 2.80 bits per heavy atom. The second-order valence-electron chi connectivity index (χ2n) is 2.47. The summed E-state index contributed by atoms with van der Waals surface area (Å²) in [7, 11) is 0. The van der Waals surface area contributed by atoms with Gasteiger partial charge >= 0.3 is 5.00 Å². The van der Waals surface area contributed by atoms with Crippen LogP contribution in [0.2, 0.25) is 0 Å². The van der Waals surface area contributed by atoms with Gasteiger partial charge in [0, 0.05) is 10.9 Å². The predicted molar refractivity (Wildman–Crippen MR) is 61.3 cm³/mol. The van der Waals surface area contributed by atoms with E-state index in [1.165, 1.54) is 12.1 Å². The lowest BCUT2D eigenvalue weighted by Crippen LogP contribution is -2.09. The summed E-state index contributed by atoms with van der Waals surface area (Å²) in [4.78, 5) is 10.4. The van der Waals surface area contributed by atoms with Gasteiger partial charge in [-0.3, -0.25) is 10.1 Å². The van der Waals surface area contributed by atoms with E-state index in [-0.39, 0.29) is 15.6 Å². The summed E-state index contributed by atoms with van der Waals surface area (Å²) in [6.45, 7) is 0. The minimum atomic E-state index is -0.491. The predicted octanol–water partition coefficient (Wildman–Crippen LogP) is 1.85. The number of hydrogen-bond acceptors (Lipinski definition) is 5. The molecule has 1 heterocycles. The molecule has 1 rings (SSSR count). The van der Waals surface area contributed by atoms with Gasteiger partial charge in [-0.2, -0.15) is 5.26 Å². The molecule has 1 aromatic heterocycles. The van der Waals surface area contributed by atoms with Crippen molar-refractivity contribution in [1.82, 2.24) is 0 Å². The lowest BCUT2D eigenvalue weighted by Gasteiger charge is -1.90. The zero-order valence-electron chi connectivity index (χ0n) is 7.34. The highest BCUT2D eigenvalue weighted by molar-refractivity contribution is 7.80. The van der Waals surface area contributed by atoms with Crippen molar-refractivity contribution >= 4 is 39.6 Å². The third-order valence-corrected chi connectivity index (χ3v) is 2.67. The number of nitrogens with two attached hydrogens (primary N) is 1. The van der Waals surface area contributed by atoms with Crippen LogP contribution in [0.25, 0.3) is 6.08 Å². The van der Waals surface area contributed by atoms with Crippen molar-refractivity contribution in [3.8, 4) is 6.07 Å². The number of hydrogen-bond donors (Lipinski definition) is 1. The highest BCUT2D eigenvalue weighted by atomic mass is 32.1. The highest BCUT2D eigenvalue weighted by Gasteiger charge is 2.09. The summed E-state index contributed by atoms with van der Waals surface area (Å²) in [5, 5.41) is 19.1. The maximum Gasteiger partial charge on any atom is 0.324 e. The molecule has 0 aliphatic heterocycles. The molecule has 0 aliphatic carbocycles. The molecule has 0 unspecified atom stereocenters. The fourth-order valence-corrected chi connectivity index (χ4v) is 1.69. The number of thiophene rings is 1. The van der Waals surface area contributed by atoms with Crippen molar-refractivity contribution in [2.45, 2.75) is 0 Å². The minimum absolute atomic E-state index is 0.0153. The summed E-state index contributed by atoms with van der Waals surface area (Å²) < 4.78 is 0. The van der Waals surface area contributed by atoms with Crippen LogP contribution in [0, 0.1) is 21.4 Å². The van der Waals surface area contributed by atoms with Gasteiger partial charge in [0.25, 0.3) is 0 Å². The SMILES string of the molecule is N#CC(=Cc1ccc([N+](=O)[O-])s1)C(N)=S. The quantitative estimate of drug-likeness (QED) is 0.285. The average molecular weight is 239 g/mol. The smallest absolute Gasteiger partial charge is 0.324 e. The van der Waals surface area contributed by atoms with E-state index in [0.717, 1.165) is 11.3 Å². The van der Waals surface area contributed by atoms with Crippen LogP contribution in [0.4, 0.5) is 5.00 Å². The molecular formula is C8H5N3O2S2. The van der Waals surface area contributed by atoms with E-state index in [0.29, 0.717) is 4.88 Å². The fourth-order valence-electron chi connectivity index (χ4n) is 0.819. The first kappa shape index (κ1) is 11.3. The van der Waals surface area contributed by atoms with Crippen LogP contribution >= 0.6 is 23.6 Å². The van der Waals surface area contributed by atoms with E-state index in [1.54, 1.807) is 6.07 Å². The van der Waals surface area contributed by atoms with E-state index >= 15 is 0 Å². The summed E-state index contributed by atoms with van der Waals surface area (Å²) in [6.07, 6.45) is 1.43. The standard InChI is InChI=1S/C8H5N3O2S2/c9-4-5(8(10)14)3-6-1-2-7(15-6)11(12)13/h1-3H,(H2,10,14). The van der Waals surface area contributed by atoms with E-state index in [2.05, 4.69) is 12.2 Å². The molecule has 15 heavy (non-hydrogen) atoms. The monoisotopic (exact) mass is 239 g/mol. The molecule has 1 aromatic rings. The Kier molecular flexibility index (Phi) is 3.49. The van der Waals surface area contributed by atoms with Crippen LogP contribution in [0.5, 0.6) is 0 Å². The molecule has 7 heteroatoms.